The Morgan fingerprint density at radius 2 is 1.41 bits per heavy atom. The van der Waals surface area contributed by atoms with Gasteiger partial charge in [0, 0.05) is 28.4 Å². The van der Waals surface area contributed by atoms with Crippen LogP contribution < -0.4 is 5.90 Å². The fourth-order valence-electron chi connectivity index (χ4n) is 2.39. The molecule has 0 bridgehead atoms. The maximum Gasteiger partial charge on any atom is 0.0858 e. The van der Waals surface area contributed by atoms with Crippen molar-refractivity contribution >= 4 is 21.8 Å². The summed E-state index contributed by atoms with van der Waals surface area (Å²) in [4.78, 5) is 4.69. The number of rotatable bonds is 3. The molecule has 3 aromatic rings. The van der Waals surface area contributed by atoms with Crippen LogP contribution in [0.5, 0.6) is 0 Å². The summed E-state index contributed by atoms with van der Waals surface area (Å²) in [6.45, 7) is 1.28. The van der Waals surface area contributed by atoms with Crippen molar-refractivity contribution in [2.24, 2.45) is 5.90 Å². The average Bonchev–Trinajstić information content (AvgIpc) is 2.71. The van der Waals surface area contributed by atoms with Crippen molar-refractivity contribution in [1.82, 2.24) is 4.57 Å². The monoisotopic (exact) mass is 226 g/mol. The molecular formula is C14H14N2O. The number of para-hydroxylation sites is 2. The van der Waals surface area contributed by atoms with Crippen LogP contribution in [-0.2, 0) is 11.4 Å². The van der Waals surface area contributed by atoms with Gasteiger partial charge in [-0.3, -0.25) is 0 Å². The SMILES string of the molecule is NOCCn1c2ccccc2c2ccccc21. The molecule has 3 nitrogen and oxygen atoms in total. The van der Waals surface area contributed by atoms with Gasteiger partial charge in [-0.2, -0.15) is 0 Å². The molecule has 1 aromatic heterocycles. The van der Waals surface area contributed by atoms with Gasteiger partial charge in [-0.25, -0.2) is 5.90 Å². The van der Waals surface area contributed by atoms with Gasteiger partial charge in [0.05, 0.1) is 6.61 Å². The highest BCUT2D eigenvalue weighted by atomic mass is 16.6. The maximum absolute atomic E-state index is 5.12. The van der Waals surface area contributed by atoms with Crippen LogP contribution in [0.1, 0.15) is 0 Å². The molecule has 0 saturated carbocycles. The minimum atomic E-state index is 0.517. The normalized spacial score (nSPS) is 11.4. The number of benzene rings is 2. The minimum absolute atomic E-state index is 0.517. The maximum atomic E-state index is 5.12. The first-order chi connectivity index (χ1) is 8.42. The second-order valence-electron chi connectivity index (χ2n) is 4.06. The van der Waals surface area contributed by atoms with Crippen molar-refractivity contribution in [3.8, 4) is 0 Å². The molecule has 0 fully saturated rings. The van der Waals surface area contributed by atoms with Crippen LogP contribution in [0, 0.1) is 0 Å². The zero-order valence-corrected chi connectivity index (χ0v) is 9.47. The smallest absolute Gasteiger partial charge is 0.0858 e. The molecular weight excluding hydrogens is 212 g/mol. The minimum Gasteiger partial charge on any atom is -0.338 e. The van der Waals surface area contributed by atoms with Gasteiger partial charge >= 0.3 is 0 Å². The van der Waals surface area contributed by atoms with E-state index >= 15 is 0 Å². The Bertz CT molecular complexity index is 604. The Morgan fingerprint density at radius 3 is 1.94 bits per heavy atom. The molecule has 17 heavy (non-hydrogen) atoms. The van der Waals surface area contributed by atoms with Gasteiger partial charge in [-0.1, -0.05) is 36.4 Å². The number of nitrogens with zero attached hydrogens (tertiary/aromatic N) is 1. The quantitative estimate of drug-likeness (QED) is 0.697. The van der Waals surface area contributed by atoms with E-state index in [2.05, 4.69) is 53.1 Å². The summed E-state index contributed by atoms with van der Waals surface area (Å²) >= 11 is 0. The van der Waals surface area contributed by atoms with Crippen LogP contribution >= 0.6 is 0 Å². The summed E-state index contributed by atoms with van der Waals surface area (Å²) in [6.07, 6.45) is 0. The van der Waals surface area contributed by atoms with Crippen LogP contribution in [0.3, 0.4) is 0 Å². The summed E-state index contributed by atoms with van der Waals surface area (Å²) in [7, 11) is 0. The molecule has 0 aliphatic carbocycles. The zero-order valence-electron chi connectivity index (χ0n) is 9.47. The summed E-state index contributed by atoms with van der Waals surface area (Å²) in [5.41, 5.74) is 2.46. The van der Waals surface area contributed by atoms with Crippen LogP contribution in [0.25, 0.3) is 21.8 Å². The van der Waals surface area contributed by atoms with Gasteiger partial charge in [0.1, 0.15) is 0 Å². The lowest BCUT2D eigenvalue weighted by Gasteiger charge is -2.05. The molecule has 2 aromatic carbocycles. The predicted octanol–water partition coefficient (Wildman–Crippen LogP) is 2.68. The molecule has 0 aliphatic heterocycles. The molecule has 3 rings (SSSR count). The summed E-state index contributed by atoms with van der Waals surface area (Å²) in [6, 6.07) is 16.8. The molecule has 0 atom stereocenters. The van der Waals surface area contributed by atoms with E-state index in [-0.39, 0.29) is 0 Å². The third kappa shape index (κ3) is 1.60. The molecule has 1 heterocycles. The topological polar surface area (TPSA) is 40.2 Å². The Hall–Kier alpha value is -1.84. The van der Waals surface area contributed by atoms with E-state index in [0.29, 0.717) is 6.61 Å². The zero-order chi connectivity index (χ0) is 11.7. The second kappa shape index (κ2) is 4.20. The Labute approximate surface area is 99.4 Å². The number of fused-ring (bicyclic) bond motifs is 3. The molecule has 0 amide bonds. The van der Waals surface area contributed by atoms with Crippen molar-refractivity contribution in [3.05, 3.63) is 48.5 Å². The van der Waals surface area contributed by atoms with Crippen molar-refractivity contribution in [1.29, 1.82) is 0 Å². The van der Waals surface area contributed by atoms with E-state index in [9.17, 15) is 0 Å². The van der Waals surface area contributed by atoms with Gasteiger partial charge in [0.25, 0.3) is 0 Å². The Morgan fingerprint density at radius 1 is 0.882 bits per heavy atom. The third-order valence-electron chi connectivity index (χ3n) is 3.11. The fourth-order valence-corrected chi connectivity index (χ4v) is 2.39. The van der Waals surface area contributed by atoms with Gasteiger partial charge < -0.3 is 9.40 Å². The van der Waals surface area contributed by atoms with E-state index in [0.717, 1.165) is 6.54 Å². The van der Waals surface area contributed by atoms with Crippen molar-refractivity contribution in [2.75, 3.05) is 6.61 Å². The van der Waals surface area contributed by atoms with Crippen LogP contribution in [-0.4, -0.2) is 11.2 Å². The summed E-state index contributed by atoms with van der Waals surface area (Å²) in [5.74, 6) is 5.12. The summed E-state index contributed by atoms with van der Waals surface area (Å²) < 4.78 is 2.25. The van der Waals surface area contributed by atoms with Gasteiger partial charge in [0.2, 0.25) is 0 Å². The summed E-state index contributed by atoms with van der Waals surface area (Å²) in [5, 5.41) is 2.56. The van der Waals surface area contributed by atoms with Crippen LogP contribution in [0.4, 0.5) is 0 Å². The van der Waals surface area contributed by atoms with Gasteiger partial charge in [-0.15, -0.1) is 0 Å². The highest BCUT2D eigenvalue weighted by molar-refractivity contribution is 6.07. The number of hydrogen-bond donors (Lipinski definition) is 1. The van der Waals surface area contributed by atoms with E-state index in [1.54, 1.807) is 0 Å². The third-order valence-corrected chi connectivity index (χ3v) is 3.11. The van der Waals surface area contributed by atoms with E-state index in [4.69, 9.17) is 10.7 Å². The average molecular weight is 226 g/mol. The van der Waals surface area contributed by atoms with E-state index in [1.807, 2.05) is 0 Å². The van der Waals surface area contributed by atoms with Crippen molar-refractivity contribution in [3.63, 3.8) is 0 Å². The first-order valence-electron chi connectivity index (χ1n) is 5.69. The standard InChI is InChI=1S/C14H14N2O/c15-17-10-9-16-13-7-3-1-5-11(13)12-6-2-4-8-14(12)16/h1-8H,9-10,15H2. The highest BCUT2D eigenvalue weighted by Crippen LogP contribution is 2.28. The predicted molar refractivity (Wildman–Crippen MR) is 69.6 cm³/mol. The highest BCUT2D eigenvalue weighted by Gasteiger charge is 2.08. The number of nitrogens with two attached hydrogens (primary N) is 1. The molecule has 0 aliphatic rings. The Balaban J connectivity index is 2.33. The van der Waals surface area contributed by atoms with Gasteiger partial charge in [-0.05, 0) is 12.1 Å². The van der Waals surface area contributed by atoms with Crippen LogP contribution in [0.15, 0.2) is 48.5 Å². The molecule has 86 valence electrons. The first kappa shape index (κ1) is 10.3. The lowest BCUT2D eigenvalue weighted by atomic mass is 10.2. The molecule has 0 unspecified atom stereocenters. The number of hydrogen-bond acceptors (Lipinski definition) is 2. The fraction of sp³-hybridized carbons (Fsp3) is 0.143. The number of aromatic nitrogens is 1. The van der Waals surface area contributed by atoms with Crippen molar-refractivity contribution < 1.29 is 4.84 Å². The molecule has 0 radical (unpaired) electrons. The second-order valence-corrected chi connectivity index (χ2v) is 4.06. The molecule has 0 spiro atoms. The largest absolute Gasteiger partial charge is 0.338 e. The molecule has 3 heteroatoms. The molecule has 2 N–H and O–H groups in total. The van der Waals surface area contributed by atoms with E-state index in [1.165, 1.54) is 21.8 Å². The van der Waals surface area contributed by atoms with Crippen molar-refractivity contribution in [2.45, 2.75) is 6.54 Å². The lowest BCUT2D eigenvalue weighted by Crippen LogP contribution is -2.08. The van der Waals surface area contributed by atoms with Crippen LogP contribution in [0.2, 0.25) is 0 Å². The van der Waals surface area contributed by atoms with E-state index < -0.39 is 0 Å². The first-order valence-corrected chi connectivity index (χ1v) is 5.69. The Kier molecular flexibility index (Phi) is 2.55. The molecule has 0 saturated heterocycles. The lowest BCUT2D eigenvalue weighted by molar-refractivity contribution is 0.131. The van der Waals surface area contributed by atoms with Gasteiger partial charge in [0.15, 0.2) is 0 Å².